The lowest BCUT2D eigenvalue weighted by atomic mass is 10.1. The first-order valence-corrected chi connectivity index (χ1v) is 5.57. The maximum absolute atomic E-state index is 11.5. The fourth-order valence-corrected chi connectivity index (χ4v) is 1.46. The minimum absolute atomic E-state index is 0.0118. The van der Waals surface area contributed by atoms with Crippen LogP contribution in [0.3, 0.4) is 0 Å². The molecular weight excluding hydrogens is 202 g/mol. The summed E-state index contributed by atoms with van der Waals surface area (Å²) in [4.78, 5) is 11.5. The van der Waals surface area contributed by atoms with Crippen LogP contribution in [0, 0.1) is 5.92 Å². The molecule has 0 aliphatic carbocycles. The Kier molecular flexibility index (Phi) is 4.50. The highest BCUT2D eigenvalue weighted by Crippen LogP contribution is 2.17. The fourth-order valence-electron chi connectivity index (χ4n) is 1.46. The van der Waals surface area contributed by atoms with Gasteiger partial charge in [-0.3, -0.25) is 4.79 Å². The highest BCUT2D eigenvalue weighted by molar-refractivity contribution is 5.90. The molecule has 0 heterocycles. The zero-order chi connectivity index (χ0) is 12.1. The minimum Gasteiger partial charge on any atom is -0.389 e. The van der Waals surface area contributed by atoms with Gasteiger partial charge in [0.1, 0.15) is 0 Å². The van der Waals surface area contributed by atoms with Crippen molar-refractivity contribution in [3.8, 4) is 0 Å². The highest BCUT2D eigenvalue weighted by Gasteiger charge is 2.06. The van der Waals surface area contributed by atoms with Crippen LogP contribution in [0.2, 0.25) is 0 Å². The van der Waals surface area contributed by atoms with Crippen LogP contribution in [0.15, 0.2) is 24.3 Å². The van der Waals surface area contributed by atoms with Gasteiger partial charge < -0.3 is 10.4 Å². The van der Waals surface area contributed by atoms with Gasteiger partial charge in [-0.2, -0.15) is 0 Å². The van der Waals surface area contributed by atoms with E-state index in [1.807, 2.05) is 32.0 Å². The summed E-state index contributed by atoms with van der Waals surface area (Å²) in [6, 6.07) is 7.28. The Labute approximate surface area is 96.5 Å². The molecule has 0 aliphatic heterocycles. The predicted octanol–water partition coefficient (Wildman–Crippen LogP) is 2.72. The molecular formula is C13H19NO2. The normalized spacial score (nSPS) is 12.6. The summed E-state index contributed by atoms with van der Waals surface area (Å²) in [6.07, 6.45) is 0.000721. The molecule has 3 heteroatoms. The second-order valence-electron chi connectivity index (χ2n) is 4.45. The number of amides is 1. The molecule has 2 N–H and O–H groups in total. The van der Waals surface area contributed by atoms with Crippen LogP contribution in [0.1, 0.15) is 38.9 Å². The standard InChI is InChI=1S/C13H19NO2/c1-9(2)7-13(16)14-12-6-4-5-11(8-12)10(3)15/h4-6,8-10,15H,7H2,1-3H3,(H,14,16)/t10-/m1/s1. The fraction of sp³-hybridized carbons (Fsp3) is 0.462. The van der Waals surface area contributed by atoms with Crippen LogP contribution >= 0.6 is 0 Å². The molecule has 0 fully saturated rings. The zero-order valence-corrected chi connectivity index (χ0v) is 10.0. The summed E-state index contributed by atoms with van der Waals surface area (Å²) < 4.78 is 0. The lowest BCUT2D eigenvalue weighted by molar-refractivity contribution is -0.116. The second kappa shape index (κ2) is 5.66. The van der Waals surface area contributed by atoms with Crippen molar-refractivity contribution in [2.24, 2.45) is 5.92 Å². The summed E-state index contributed by atoms with van der Waals surface area (Å²) in [5.74, 6) is 0.359. The number of hydrogen-bond donors (Lipinski definition) is 2. The second-order valence-corrected chi connectivity index (χ2v) is 4.45. The molecule has 0 saturated carbocycles. The predicted molar refractivity (Wildman–Crippen MR) is 65.2 cm³/mol. The first-order valence-electron chi connectivity index (χ1n) is 5.57. The maximum Gasteiger partial charge on any atom is 0.224 e. The van der Waals surface area contributed by atoms with E-state index in [0.29, 0.717) is 12.3 Å². The van der Waals surface area contributed by atoms with Crippen LogP contribution in [0.5, 0.6) is 0 Å². The molecule has 0 aliphatic rings. The lowest BCUT2D eigenvalue weighted by Gasteiger charge is -2.10. The van der Waals surface area contributed by atoms with Gasteiger partial charge in [0.25, 0.3) is 0 Å². The van der Waals surface area contributed by atoms with Gasteiger partial charge in [0, 0.05) is 12.1 Å². The van der Waals surface area contributed by atoms with E-state index in [1.165, 1.54) is 0 Å². The third-order valence-corrected chi connectivity index (χ3v) is 2.25. The van der Waals surface area contributed by atoms with Crippen LogP contribution in [-0.4, -0.2) is 11.0 Å². The van der Waals surface area contributed by atoms with E-state index >= 15 is 0 Å². The Hall–Kier alpha value is -1.35. The number of carbonyl (C=O) groups excluding carboxylic acids is 1. The van der Waals surface area contributed by atoms with Crippen molar-refractivity contribution >= 4 is 11.6 Å². The number of hydrogen-bond acceptors (Lipinski definition) is 2. The Balaban J connectivity index is 2.67. The molecule has 0 spiro atoms. The first-order chi connectivity index (χ1) is 7.49. The number of anilines is 1. The van der Waals surface area contributed by atoms with Crippen molar-refractivity contribution in [1.82, 2.24) is 0 Å². The molecule has 16 heavy (non-hydrogen) atoms. The van der Waals surface area contributed by atoms with E-state index < -0.39 is 6.10 Å². The molecule has 0 bridgehead atoms. The lowest BCUT2D eigenvalue weighted by Crippen LogP contribution is -2.13. The number of nitrogens with one attached hydrogen (secondary N) is 1. The Bertz CT molecular complexity index is 359. The van der Waals surface area contributed by atoms with Gasteiger partial charge >= 0.3 is 0 Å². The van der Waals surface area contributed by atoms with E-state index in [0.717, 1.165) is 11.3 Å². The topological polar surface area (TPSA) is 49.3 Å². The van der Waals surface area contributed by atoms with Gasteiger partial charge in [0.15, 0.2) is 0 Å². The number of rotatable bonds is 4. The van der Waals surface area contributed by atoms with Crippen LogP contribution < -0.4 is 5.32 Å². The summed E-state index contributed by atoms with van der Waals surface area (Å²) in [7, 11) is 0. The molecule has 1 aromatic carbocycles. The van der Waals surface area contributed by atoms with Gasteiger partial charge in [-0.1, -0.05) is 26.0 Å². The van der Waals surface area contributed by atoms with Gasteiger partial charge in [-0.15, -0.1) is 0 Å². The molecule has 0 radical (unpaired) electrons. The van der Waals surface area contributed by atoms with Crippen molar-refractivity contribution in [2.45, 2.75) is 33.3 Å². The summed E-state index contributed by atoms with van der Waals surface area (Å²) in [6.45, 7) is 5.71. The molecule has 1 aromatic rings. The largest absolute Gasteiger partial charge is 0.389 e. The first kappa shape index (κ1) is 12.7. The third kappa shape index (κ3) is 4.03. The van der Waals surface area contributed by atoms with E-state index in [1.54, 1.807) is 13.0 Å². The van der Waals surface area contributed by atoms with Gasteiger partial charge in [-0.25, -0.2) is 0 Å². The van der Waals surface area contributed by atoms with E-state index in [-0.39, 0.29) is 5.91 Å². The minimum atomic E-state index is -0.512. The van der Waals surface area contributed by atoms with Gasteiger partial charge in [0.2, 0.25) is 5.91 Å². The SMILES string of the molecule is CC(C)CC(=O)Nc1cccc([C@@H](C)O)c1. The average Bonchev–Trinajstić information content (AvgIpc) is 2.16. The van der Waals surface area contributed by atoms with E-state index in [9.17, 15) is 9.90 Å². The molecule has 88 valence electrons. The van der Waals surface area contributed by atoms with Crippen molar-refractivity contribution in [3.63, 3.8) is 0 Å². The molecule has 1 rings (SSSR count). The van der Waals surface area contributed by atoms with Crippen molar-refractivity contribution < 1.29 is 9.90 Å². The Morgan fingerprint density at radius 2 is 2.06 bits per heavy atom. The quantitative estimate of drug-likeness (QED) is 0.821. The monoisotopic (exact) mass is 221 g/mol. The molecule has 0 saturated heterocycles. The number of aliphatic hydroxyl groups is 1. The number of carbonyl (C=O) groups is 1. The van der Waals surface area contributed by atoms with Gasteiger partial charge in [-0.05, 0) is 30.5 Å². The molecule has 1 amide bonds. The van der Waals surface area contributed by atoms with Crippen molar-refractivity contribution in [1.29, 1.82) is 0 Å². The van der Waals surface area contributed by atoms with Crippen LogP contribution in [0.25, 0.3) is 0 Å². The van der Waals surface area contributed by atoms with Crippen LogP contribution in [0.4, 0.5) is 5.69 Å². The molecule has 0 unspecified atom stereocenters. The molecule has 3 nitrogen and oxygen atoms in total. The number of benzene rings is 1. The van der Waals surface area contributed by atoms with Crippen molar-refractivity contribution in [2.75, 3.05) is 5.32 Å². The zero-order valence-electron chi connectivity index (χ0n) is 10.0. The van der Waals surface area contributed by atoms with Crippen molar-refractivity contribution in [3.05, 3.63) is 29.8 Å². The van der Waals surface area contributed by atoms with Crippen LogP contribution in [-0.2, 0) is 4.79 Å². The van der Waals surface area contributed by atoms with E-state index in [2.05, 4.69) is 5.32 Å². The smallest absolute Gasteiger partial charge is 0.224 e. The number of aliphatic hydroxyl groups excluding tert-OH is 1. The Morgan fingerprint density at radius 3 is 2.62 bits per heavy atom. The van der Waals surface area contributed by atoms with E-state index in [4.69, 9.17) is 0 Å². The summed E-state index contributed by atoms with van der Waals surface area (Å²) in [5, 5.41) is 12.2. The highest BCUT2D eigenvalue weighted by atomic mass is 16.3. The molecule has 1 atom stereocenters. The Morgan fingerprint density at radius 1 is 1.38 bits per heavy atom. The van der Waals surface area contributed by atoms with Gasteiger partial charge in [0.05, 0.1) is 6.10 Å². The maximum atomic E-state index is 11.5. The molecule has 0 aromatic heterocycles. The summed E-state index contributed by atoms with van der Waals surface area (Å²) in [5.41, 5.74) is 1.55. The average molecular weight is 221 g/mol. The third-order valence-electron chi connectivity index (χ3n) is 2.25. The summed E-state index contributed by atoms with van der Waals surface area (Å²) >= 11 is 0.